The number of carbonyl (C=O) groups excluding carboxylic acids is 1. The molecule has 0 spiro atoms. The van der Waals surface area contributed by atoms with Crippen LogP contribution in [0.2, 0.25) is 0 Å². The Bertz CT molecular complexity index is 744. The topological polar surface area (TPSA) is 66.9 Å². The van der Waals surface area contributed by atoms with Gasteiger partial charge in [0.25, 0.3) is 0 Å². The van der Waals surface area contributed by atoms with Crippen molar-refractivity contribution in [1.29, 1.82) is 0 Å². The largest absolute Gasteiger partial charge is 0.421 e. The fourth-order valence-corrected chi connectivity index (χ4v) is 2.18. The molecule has 1 aromatic heterocycles. The Morgan fingerprint density at radius 1 is 1.29 bits per heavy atom. The Morgan fingerprint density at radius 2 is 2.08 bits per heavy atom. The van der Waals surface area contributed by atoms with Gasteiger partial charge in [-0.25, -0.2) is 4.98 Å². The highest BCUT2D eigenvalue weighted by molar-refractivity contribution is 5.61. The van der Waals surface area contributed by atoms with E-state index in [-0.39, 0.29) is 24.2 Å². The van der Waals surface area contributed by atoms with E-state index < -0.39 is 11.7 Å². The van der Waals surface area contributed by atoms with Gasteiger partial charge in [0.2, 0.25) is 5.95 Å². The molecule has 0 radical (unpaired) electrons. The van der Waals surface area contributed by atoms with Crippen LogP contribution in [0.1, 0.15) is 24.0 Å². The average molecular weight is 336 g/mol. The van der Waals surface area contributed by atoms with Gasteiger partial charge in [0, 0.05) is 24.3 Å². The summed E-state index contributed by atoms with van der Waals surface area (Å²) in [6, 6.07) is 7.01. The molecule has 1 fully saturated rings. The molecule has 1 aliphatic carbocycles. The second-order valence-corrected chi connectivity index (χ2v) is 5.57. The lowest BCUT2D eigenvalue weighted by Gasteiger charge is -2.14. The molecule has 126 valence electrons. The van der Waals surface area contributed by atoms with Crippen LogP contribution in [0.15, 0.2) is 30.5 Å². The molecule has 8 heteroatoms. The van der Waals surface area contributed by atoms with Gasteiger partial charge in [-0.1, -0.05) is 12.1 Å². The molecule has 2 aromatic rings. The van der Waals surface area contributed by atoms with Crippen molar-refractivity contribution in [3.8, 4) is 0 Å². The lowest BCUT2D eigenvalue weighted by Crippen LogP contribution is -2.15. The molecule has 1 saturated carbocycles. The minimum atomic E-state index is -4.51. The van der Waals surface area contributed by atoms with Crippen molar-refractivity contribution in [2.24, 2.45) is 0 Å². The Balaban J connectivity index is 1.85. The lowest BCUT2D eigenvalue weighted by atomic mass is 10.1. The van der Waals surface area contributed by atoms with Crippen molar-refractivity contribution in [3.05, 3.63) is 41.6 Å². The van der Waals surface area contributed by atoms with Crippen LogP contribution in [0.25, 0.3) is 0 Å². The summed E-state index contributed by atoms with van der Waals surface area (Å²) in [7, 11) is 0. The summed E-state index contributed by atoms with van der Waals surface area (Å²) in [4.78, 5) is 18.3. The van der Waals surface area contributed by atoms with Gasteiger partial charge in [0.1, 0.15) is 17.7 Å². The molecular formula is C16H15F3N4O. The van der Waals surface area contributed by atoms with E-state index in [1.807, 2.05) is 0 Å². The first kappa shape index (κ1) is 16.2. The highest BCUT2D eigenvalue weighted by Crippen LogP contribution is 2.36. The predicted octanol–water partition coefficient (Wildman–Crippen LogP) is 3.55. The van der Waals surface area contributed by atoms with Crippen molar-refractivity contribution < 1.29 is 18.0 Å². The Morgan fingerprint density at radius 3 is 2.75 bits per heavy atom. The molecule has 0 atom stereocenters. The first-order chi connectivity index (χ1) is 11.5. The fourth-order valence-electron chi connectivity index (χ4n) is 2.18. The van der Waals surface area contributed by atoms with Crippen molar-refractivity contribution >= 4 is 23.7 Å². The number of halogens is 3. The van der Waals surface area contributed by atoms with Crippen molar-refractivity contribution in [1.82, 2.24) is 9.97 Å². The molecule has 0 saturated heterocycles. The minimum Gasteiger partial charge on any atom is -0.367 e. The molecule has 1 aromatic carbocycles. The Labute approximate surface area is 136 Å². The summed E-state index contributed by atoms with van der Waals surface area (Å²) >= 11 is 0. The van der Waals surface area contributed by atoms with Gasteiger partial charge in [0.15, 0.2) is 0 Å². The van der Waals surface area contributed by atoms with E-state index in [0.717, 1.165) is 30.9 Å². The average Bonchev–Trinajstić information content (AvgIpc) is 3.31. The summed E-state index contributed by atoms with van der Waals surface area (Å²) in [5.74, 6) is -0.152. The summed E-state index contributed by atoms with van der Waals surface area (Å²) < 4.78 is 39.1. The van der Waals surface area contributed by atoms with Crippen molar-refractivity contribution in [2.75, 3.05) is 10.6 Å². The summed E-state index contributed by atoms with van der Waals surface area (Å²) in [6.07, 6.45) is -1.03. The zero-order valence-electron chi connectivity index (χ0n) is 12.6. The predicted molar refractivity (Wildman–Crippen MR) is 83.2 cm³/mol. The molecule has 3 rings (SSSR count). The van der Waals surface area contributed by atoms with Gasteiger partial charge < -0.3 is 15.4 Å². The number of hydrogen-bond acceptors (Lipinski definition) is 5. The van der Waals surface area contributed by atoms with Gasteiger partial charge in [-0.15, -0.1) is 0 Å². The van der Waals surface area contributed by atoms with E-state index in [1.54, 1.807) is 24.3 Å². The number of rotatable bonds is 6. The van der Waals surface area contributed by atoms with Gasteiger partial charge >= 0.3 is 6.18 Å². The van der Waals surface area contributed by atoms with E-state index in [4.69, 9.17) is 0 Å². The molecule has 5 nitrogen and oxygen atoms in total. The Kier molecular flexibility index (Phi) is 4.37. The first-order valence-electron chi connectivity index (χ1n) is 7.46. The normalized spacial score (nSPS) is 14.3. The van der Waals surface area contributed by atoms with Crippen LogP contribution in [0.4, 0.5) is 30.6 Å². The quantitative estimate of drug-likeness (QED) is 0.790. The fraction of sp³-hybridized carbons (Fsp3) is 0.312. The van der Waals surface area contributed by atoms with E-state index in [0.29, 0.717) is 5.69 Å². The molecule has 0 amide bonds. The lowest BCUT2D eigenvalue weighted by molar-refractivity contribution is -0.137. The molecule has 0 unspecified atom stereocenters. The number of aldehydes is 1. The summed E-state index contributed by atoms with van der Waals surface area (Å²) in [6.45, 7) is 0. The second-order valence-electron chi connectivity index (χ2n) is 5.57. The van der Waals surface area contributed by atoms with Gasteiger partial charge in [-0.3, -0.25) is 0 Å². The standard InChI is InChI=1S/C16H15F3N4O/c17-16(18,19)13-9-20-15(23-14(13)21-11-4-5-11)22-12-3-1-2-10(8-12)6-7-24/h1-3,7-9,11H,4-6H2,(H2,20,21,22,23). The molecule has 2 N–H and O–H groups in total. The molecule has 1 heterocycles. The molecular weight excluding hydrogens is 321 g/mol. The summed E-state index contributed by atoms with van der Waals surface area (Å²) in [5, 5.41) is 5.66. The maximum Gasteiger partial charge on any atom is 0.421 e. The van der Waals surface area contributed by atoms with Crippen molar-refractivity contribution in [3.63, 3.8) is 0 Å². The third kappa shape index (κ3) is 4.01. The van der Waals surface area contributed by atoms with Crippen LogP contribution < -0.4 is 10.6 Å². The van der Waals surface area contributed by atoms with Crippen LogP contribution >= 0.6 is 0 Å². The highest BCUT2D eigenvalue weighted by atomic mass is 19.4. The molecule has 24 heavy (non-hydrogen) atoms. The zero-order chi connectivity index (χ0) is 17.2. The van der Waals surface area contributed by atoms with E-state index in [1.165, 1.54) is 0 Å². The number of nitrogens with one attached hydrogen (secondary N) is 2. The first-order valence-corrected chi connectivity index (χ1v) is 7.46. The van der Waals surface area contributed by atoms with Gasteiger partial charge in [-0.2, -0.15) is 18.2 Å². The third-order valence-electron chi connectivity index (χ3n) is 3.51. The molecule has 1 aliphatic rings. The number of alkyl halides is 3. The van der Waals surface area contributed by atoms with E-state index in [2.05, 4.69) is 20.6 Å². The van der Waals surface area contributed by atoms with Crippen molar-refractivity contribution in [2.45, 2.75) is 31.5 Å². The van der Waals surface area contributed by atoms with Crippen LogP contribution in [-0.4, -0.2) is 22.3 Å². The summed E-state index contributed by atoms with van der Waals surface area (Å²) in [5.41, 5.74) is 0.513. The number of hydrogen-bond donors (Lipinski definition) is 2. The van der Waals surface area contributed by atoms with E-state index >= 15 is 0 Å². The van der Waals surface area contributed by atoms with Crippen LogP contribution in [0.5, 0.6) is 0 Å². The van der Waals surface area contributed by atoms with Crippen LogP contribution in [0, 0.1) is 0 Å². The van der Waals surface area contributed by atoms with Gasteiger partial charge in [0.05, 0.1) is 0 Å². The van der Waals surface area contributed by atoms with Gasteiger partial charge in [-0.05, 0) is 30.5 Å². The third-order valence-corrected chi connectivity index (χ3v) is 3.51. The highest BCUT2D eigenvalue weighted by Gasteiger charge is 2.36. The van der Waals surface area contributed by atoms with Crippen LogP contribution in [-0.2, 0) is 17.4 Å². The maximum atomic E-state index is 13.0. The zero-order valence-corrected chi connectivity index (χ0v) is 12.6. The number of aromatic nitrogens is 2. The van der Waals surface area contributed by atoms with Crippen LogP contribution in [0.3, 0.4) is 0 Å². The maximum absolute atomic E-state index is 13.0. The number of carbonyl (C=O) groups is 1. The molecule has 0 bridgehead atoms. The number of nitrogens with zero attached hydrogens (tertiary/aromatic N) is 2. The number of benzene rings is 1. The molecule has 0 aliphatic heterocycles. The van der Waals surface area contributed by atoms with E-state index in [9.17, 15) is 18.0 Å². The number of anilines is 3. The smallest absolute Gasteiger partial charge is 0.367 e. The second kappa shape index (κ2) is 6.46. The monoisotopic (exact) mass is 336 g/mol. The Hall–Kier alpha value is -2.64. The minimum absolute atomic E-state index is 0.0322. The SMILES string of the molecule is O=CCc1cccc(Nc2ncc(C(F)(F)F)c(NC3CC3)n2)c1.